The Morgan fingerprint density at radius 2 is 1.92 bits per heavy atom. The molecule has 0 atom stereocenters. The van der Waals surface area contributed by atoms with Crippen LogP contribution in [0.5, 0.6) is 17.5 Å². The summed E-state index contributed by atoms with van der Waals surface area (Å²) in [5.41, 5.74) is 0.845. The van der Waals surface area contributed by atoms with Crippen LogP contribution < -0.4 is 14.8 Å². The van der Waals surface area contributed by atoms with Gasteiger partial charge in [-0.15, -0.1) is 0 Å². The number of rotatable bonds is 7. The number of ether oxygens (including phenoxy) is 2. The van der Waals surface area contributed by atoms with Gasteiger partial charge in [0.25, 0.3) is 18.2 Å². The summed E-state index contributed by atoms with van der Waals surface area (Å²) in [6.45, 7) is 2.65. The molecule has 194 valence electrons. The molecule has 1 aliphatic rings. The monoisotopic (exact) mass is 543 g/mol. The van der Waals surface area contributed by atoms with Crippen LogP contribution in [0.1, 0.15) is 35.9 Å². The standard InChI is InChI=1S/C22H24ClF2N5O5S/c1-12-17-14(10-27-20(12)35-21-15(34-11-16(24)25)8-13(23)9-26-21)28-18(30(17)3)19(31)29-22(2)4-6-36(32,33)7-5-22/h8-10,16H,4-7,11H2,1-3H3,(H,29,31). The van der Waals surface area contributed by atoms with Crippen LogP contribution >= 0.6 is 11.6 Å². The van der Waals surface area contributed by atoms with Crippen molar-refractivity contribution in [2.75, 3.05) is 18.1 Å². The highest BCUT2D eigenvalue weighted by molar-refractivity contribution is 7.91. The van der Waals surface area contributed by atoms with Crippen molar-refractivity contribution in [3.05, 3.63) is 34.9 Å². The lowest BCUT2D eigenvalue weighted by atomic mass is 9.95. The van der Waals surface area contributed by atoms with Crippen LogP contribution in [0.2, 0.25) is 5.02 Å². The second kappa shape index (κ2) is 9.77. The minimum absolute atomic E-state index is 0.0117. The highest BCUT2D eigenvalue weighted by Crippen LogP contribution is 2.34. The molecular weight excluding hydrogens is 520 g/mol. The lowest BCUT2D eigenvalue weighted by molar-refractivity contribution is 0.0803. The summed E-state index contributed by atoms with van der Waals surface area (Å²) in [5.74, 6) is -0.368. The maximum atomic E-state index is 13.1. The Bertz CT molecular complexity index is 1420. The Balaban J connectivity index is 1.61. The summed E-state index contributed by atoms with van der Waals surface area (Å²) >= 11 is 5.91. The predicted molar refractivity (Wildman–Crippen MR) is 128 cm³/mol. The summed E-state index contributed by atoms with van der Waals surface area (Å²) in [5, 5.41) is 3.10. The quantitative estimate of drug-likeness (QED) is 0.480. The summed E-state index contributed by atoms with van der Waals surface area (Å²) in [6.07, 6.45) is 0.622. The summed E-state index contributed by atoms with van der Waals surface area (Å²) < 4.78 is 61.2. The van der Waals surface area contributed by atoms with Gasteiger partial charge in [0.2, 0.25) is 5.88 Å². The van der Waals surface area contributed by atoms with Crippen molar-refractivity contribution in [3.63, 3.8) is 0 Å². The first-order valence-electron chi connectivity index (χ1n) is 11.0. The third kappa shape index (κ3) is 5.51. The van der Waals surface area contributed by atoms with E-state index in [1.807, 2.05) is 6.92 Å². The third-order valence-electron chi connectivity index (χ3n) is 5.99. The van der Waals surface area contributed by atoms with Crippen LogP contribution in [-0.4, -0.2) is 63.9 Å². The SMILES string of the molecule is Cc1c(Oc2ncc(Cl)cc2OCC(F)F)ncc2nc(C(=O)NC3(C)CCS(=O)(=O)CC3)n(C)c12. The Hall–Kier alpha value is -3.06. The molecule has 3 aromatic heterocycles. The normalized spacial score (nSPS) is 16.8. The van der Waals surface area contributed by atoms with E-state index in [1.54, 1.807) is 18.5 Å². The first kappa shape index (κ1) is 26.0. The number of halogens is 3. The Morgan fingerprint density at radius 1 is 1.25 bits per heavy atom. The van der Waals surface area contributed by atoms with Gasteiger partial charge in [-0.25, -0.2) is 32.2 Å². The number of fused-ring (bicyclic) bond motifs is 1. The zero-order valence-electron chi connectivity index (χ0n) is 19.7. The largest absolute Gasteiger partial charge is 0.482 e. The van der Waals surface area contributed by atoms with Crippen LogP contribution in [0.15, 0.2) is 18.5 Å². The smallest absolute Gasteiger partial charge is 0.287 e. The maximum absolute atomic E-state index is 13.1. The van der Waals surface area contributed by atoms with Gasteiger partial charge in [-0.3, -0.25) is 4.79 Å². The zero-order valence-corrected chi connectivity index (χ0v) is 21.3. The molecule has 0 saturated carbocycles. The second-order valence-corrected chi connectivity index (χ2v) is 11.6. The van der Waals surface area contributed by atoms with E-state index in [4.69, 9.17) is 21.1 Å². The molecule has 1 fully saturated rings. The van der Waals surface area contributed by atoms with E-state index in [9.17, 15) is 22.0 Å². The molecule has 10 nitrogen and oxygen atoms in total. The van der Waals surface area contributed by atoms with Crippen LogP contribution in [0.4, 0.5) is 8.78 Å². The van der Waals surface area contributed by atoms with E-state index in [1.165, 1.54) is 18.5 Å². The van der Waals surface area contributed by atoms with Crippen LogP contribution in [-0.2, 0) is 16.9 Å². The van der Waals surface area contributed by atoms with Gasteiger partial charge < -0.3 is 19.4 Å². The van der Waals surface area contributed by atoms with Crippen molar-refractivity contribution >= 4 is 38.4 Å². The predicted octanol–water partition coefficient (Wildman–Crippen LogP) is 3.46. The number of sulfone groups is 1. The summed E-state index contributed by atoms with van der Waals surface area (Å²) in [7, 11) is -1.43. The number of carbonyl (C=O) groups is 1. The molecule has 4 heterocycles. The van der Waals surface area contributed by atoms with Crippen LogP contribution in [0.3, 0.4) is 0 Å². The number of amides is 1. The molecule has 36 heavy (non-hydrogen) atoms. The molecule has 0 aliphatic carbocycles. The number of aryl methyl sites for hydroxylation is 2. The van der Waals surface area contributed by atoms with Crippen LogP contribution in [0.25, 0.3) is 11.0 Å². The second-order valence-electron chi connectivity index (χ2n) is 8.84. The average Bonchev–Trinajstić information content (AvgIpc) is 3.15. The Kier molecular flexibility index (Phi) is 7.06. The number of pyridine rings is 2. The van der Waals surface area contributed by atoms with Gasteiger partial charge in [-0.2, -0.15) is 0 Å². The molecule has 14 heteroatoms. The fourth-order valence-electron chi connectivity index (χ4n) is 3.95. The van der Waals surface area contributed by atoms with Gasteiger partial charge in [0, 0.05) is 30.4 Å². The number of alkyl halides is 2. The van der Waals surface area contributed by atoms with E-state index >= 15 is 0 Å². The average molecular weight is 544 g/mol. The number of hydrogen-bond donors (Lipinski definition) is 1. The molecule has 0 radical (unpaired) electrons. The van der Waals surface area contributed by atoms with E-state index < -0.39 is 34.3 Å². The lowest BCUT2D eigenvalue weighted by Gasteiger charge is -2.34. The van der Waals surface area contributed by atoms with Crippen molar-refractivity contribution in [1.29, 1.82) is 0 Å². The first-order chi connectivity index (χ1) is 16.9. The summed E-state index contributed by atoms with van der Waals surface area (Å²) in [6, 6.07) is 1.31. The Labute approximate surface area is 210 Å². The number of nitrogens with one attached hydrogen (secondary N) is 1. The van der Waals surface area contributed by atoms with E-state index in [-0.39, 0.29) is 39.9 Å². The first-order valence-corrected chi connectivity index (χ1v) is 13.2. The molecule has 1 saturated heterocycles. The minimum atomic E-state index is -3.09. The summed E-state index contributed by atoms with van der Waals surface area (Å²) in [4.78, 5) is 25.7. The van der Waals surface area contributed by atoms with Crippen molar-refractivity contribution in [2.45, 2.75) is 38.7 Å². The molecule has 0 unspecified atom stereocenters. The molecule has 0 spiro atoms. The maximum Gasteiger partial charge on any atom is 0.287 e. The Morgan fingerprint density at radius 3 is 2.58 bits per heavy atom. The van der Waals surface area contributed by atoms with Gasteiger partial charge in [0.15, 0.2) is 11.6 Å². The highest BCUT2D eigenvalue weighted by atomic mass is 35.5. The molecule has 0 aromatic carbocycles. The van der Waals surface area contributed by atoms with Crippen molar-refractivity contribution < 1.29 is 31.5 Å². The fraction of sp³-hybridized carbons (Fsp3) is 0.455. The van der Waals surface area contributed by atoms with E-state index in [0.717, 1.165) is 0 Å². The van der Waals surface area contributed by atoms with Gasteiger partial charge in [0.05, 0.1) is 28.2 Å². The van der Waals surface area contributed by atoms with Crippen molar-refractivity contribution in [3.8, 4) is 17.5 Å². The van der Waals surface area contributed by atoms with Crippen molar-refractivity contribution in [2.24, 2.45) is 7.05 Å². The van der Waals surface area contributed by atoms with Gasteiger partial charge in [-0.05, 0) is 26.7 Å². The van der Waals surface area contributed by atoms with E-state index in [2.05, 4.69) is 20.3 Å². The molecule has 4 rings (SSSR count). The molecule has 3 aromatic rings. The molecule has 1 aliphatic heterocycles. The number of carbonyl (C=O) groups excluding carboxylic acids is 1. The van der Waals surface area contributed by atoms with Gasteiger partial charge in [-0.1, -0.05) is 11.6 Å². The third-order valence-corrected chi connectivity index (χ3v) is 7.85. The zero-order chi connectivity index (χ0) is 26.3. The van der Waals surface area contributed by atoms with Crippen LogP contribution in [0, 0.1) is 6.92 Å². The molecule has 1 amide bonds. The van der Waals surface area contributed by atoms with Crippen molar-refractivity contribution in [1.82, 2.24) is 24.8 Å². The van der Waals surface area contributed by atoms with Gasteiger partial charge >= 0.3 is 0 Å². The number of aromatic nitrogens is 4. The topological polar surface area (TPSA) is 125 Å². The molecular formula is C22H24ClF2N5O5S. The lowest BCUT2D eigenvalue weighted by Crippen LogP contribution is -2.51. The number of nitrogens with zero attached hydrogens (tertiary/aromatic N) is 4. The van der Waals surface area contributed by atoms with Gasteiger partial charge in [0.1, 0.15) is 22.0 Å². The number of imidazole rings is 1. The highest BCUT2D eigenvalue weighted by Gasteiger charge is 2.35. The molecule has 0 bridgehead atoms. The number of hydrogen-bond acceptors (Lipinski definition) is 8. The minimum Gasteiger partial charge on any atom is -0.482 e. The van der Waals surface area contributed by atoms with E-state index in [0.29, 0.717) is 29.4 Å². The molecule has 1 N–H and O–H groups in total. The fourth-order valence-corrected chi connectivity index (χ4v) is 5.83.